The molecule has 0 bridgehead atoms. The molecule has 0 atom stereocenters. The first-order chi connectivity index (χ1) is 13.1. The molecular formula is C23H21N3O. The summed E-state index contributed by atoms with van der Waals surface area (Å²) in [6.07, 6.45) is 1.95. The minimum Gasteiger partial charge on any atom is -0.318 e. The van der Waals surface area contributed by atoms with Gasteiger partial charge < -0.3 is 4.57 Å². The first-order valence-electron chi connectivity index (χ1n) is 8.97. The van der Waals surface area contributed by atoms with Gasteiger partial charge in [-0.1, -0.05) is 36.4 Å². The normalized spacial score (nSPS) is 15.5. The lowest BCUT2D eigenvalue weighted by molar-refractivity contribution is -0.114. The van der Waals surface area contributed by atoms with E-state index >= 15 is 0 Å². The van der Waals surface area contributed by atoms with Gasteiger partial charge in [-0.2, -0.15) is 10.1 Å². The Morgan fingerprint density at radius 3 is 2.07 bits per heavy atom. The van der Waals surface area contributed by atoms with Gasteiger partial charge >= 0.3 is 0 Å². The van der Waals surface area contributed by atoms with Crippen LogP contribution >= 0.6 is 0 Å². The van der Waals surface area contributed by atoms with Crippen molar-refractivity contribution in [2.45, 2.75) is 20.8 Å². The number of amides is 1. The van der Waals surface area contributed by atoms with Crippen molar-refractivity contribution in [2.24, 2.45) is 5.10 Å². The number of hydrazone groups is 1. The third kappa shape index (κ3) is 2.99. The Kier molecular flexibility index (Phi) is 4.24. The maximum Gasteiger partial charge on any atom is 0.280 e. The molecule has 0 spiro atoms. The molecule has 1 aliphatic heterocycles. The van der Waals surface area contributed by atoms with Crippen LogP contribution in [0.15, 0.2) is 77.4 Å². The second-order valence-corrected chi connectivity index (χ2v) is 6.69. The molecule has 0 saturated heterocycles. The number of hydrogen-bond donors (Lipinski definition) is 0. The van der Waals surface area contributed by atoms with Crippen molar-refractivity contribution in [1.29, 1.82) is 0 Å². The van der Waals surface area contributed by atoms with Gasteiger partial charge in [0.05, 0.1) is 17.0 Å². The van der Waals surface area contributed by atoms with Gasteiger partial charge in [-0.3, -0.25) is 4.79 Å². The zero-order chi connectivity index (χ0) is 19.0. The van der Waals surface area contributed by atoms with E-state index in [1.165, 1.54) is 5.01 Å². The lowest BCUT2D eigenvalue weighted by Crippen LogP contribution is -2.21. The molecule has 0 saturated carbocycles. The average Bonchev–Trinajstić information content (AvgIpc) is 3.13. The molecule has 3 aromatic rings. The van der Waals surface area contributed by atoms with Crippen molar-refractivity contribution in [3.05, 3.63) is 89.3 Å². The molecule has 1 amide bonds. The third-order valence-corrected chi connectivity index (χ3v) is 4.85. The van der Waals surface area contributed by atoms with Crippen LogP contribution in [0.2, 0.25) is 0 Å². The highest BCUT2D eigenvalue weighted by Crippen LogP contribution is 2.27. The molecule has 0 aliphatic carbocycles. The number of para-hydroxylation sites is 2. The number of nitrogens with zero attached hydrogens (tertiary/aromatic N) is 3. The summed E-state index contributed by atoms with van der Waals surface area (Å²) >= 11 is 0. The number of aryl methyl sites for hydroxylation is 1. The minimum absolute atomic E-state index is 0.0942. The summed E-state index contributed by atoms with van der Waals surface area (Å²) < 4.78 is 2.20. The van der Waals surface area contributed by atoms with E-state index in [0.29, 0.717) is 5.57 Å². The third-order valence-electron chi connectivity index (χ3n) is 4.85. The molecule has 1 aliphatic rings. The van der Waals surface area contributed by atoms with Gasteiger partial charge in [0.1, 0.15) is 0 Å². The highest BCUT2D eigenvalue weighted by atomic mass is 16.2. The summed E-state index contributed by atoms with van der Waals surface area (Å²) in [5, 5.41) is 5.93. The van der Waals surface area contributed by atoms with E-state index in [1.807, 2.05) is 61.5 Å². The fraction of sp³-hybridized carbons (Fsp3) is 0.130. The summed E-state index contributed by atoms with van der Waals surface area (Å²) in [4.78, 5) is 12.9. The minimum atomic E-state index is -0.0942. The van der Waals surface area contributed by atoms with Gasteiger partial charge in [0.2, 0.25) is 0 Å². The molecule has 2 aromatic carbocycles. The van der Waals surface area contributed by atoms with E-state index in [0.717, 1.165) is 34.0 Å². The molecule has 4 rings (SSSR count). The second-order valence-electron chi connectivity index (χ2n) is 6.69. The van der Waals surface area contributed by atoms with Gasteiger partial charge in [0.25, 0.3) is 5.91 Å². The summed E-state index contributed by atoms with van der Waals surface area (Å²) in [6, 6.07) is 21.9. The number of rotatable bonds is 3. The van der Waals surface area contributed by atoms with Crippen LogP contribution < -0.4 is 5.01 Å². The van der Waals surface area contributed by atoms with Crippen LogP contribution in [0.1, 0.15) is 23.9 Å². The largest absolute Gasteiger partial charge is 0.318 e. The Morgan fingerprint density at radius 2 is 1.44 bits per heavy atom. The van der Waals surface area contributed by atoms with Crippen LogP contribution in [0.4, 0.5) is 5.69 Å². The Hall–Kier alpha value is -3.40. The highest BCUT2D eigenvalue weighted by Gasteiger charge is 2.29. The average molecular weight is 355 g/mol. The predicted octanol–water partition coefficient (Wildman–Crippen LogP) is 4.90. The van der Waals surface area contributed by atoms with Crippen molar-refractivity contribution in [2.75, 3.05) is 5.01 Å². The molecule has 2 heterocycles. The Labute approximate surface area is 159 Å². The van der Waals surface area contributed by atoms with Crippen molar-refractivity contribution < 1.29 is 4.79 Å². The van der Waals surface area contributed by atoms with Gasteiger partial charge in [-0.05, 0) is 62.7 Å². The quantitative estimate of drug-likeness (QED) is 0.616. The lowest BCUT2D eigenvalue weighted by atomic mass is 10.1. The Morgan fingerprint density at radius 1 is 0.852 bits per heavy atom. The van der Waals surface area contributed by atoms with Gasteiger partial charge in [-0.15, -0.1) is 0 Å². The lowest BCUT2D eigenvalue weighted by Gasteiger charge is -2.11. The number of hydrogen-bond acceptors (Lipinski definition) is 2. The maximum atomic E-state index is 12.9. The van der Waals surface area contributed by atoms with Gasteiger partial charge in [0.15, 0.2) is 0 Å². The number of carbonyl (C=O) groups is 1. The molecule has 0 fully saturated rings. The van der Waals surface area contributed by atoms with E-state index in [9.17, 15) is 4.79 Å². The van der Waals surface area contributed by atoms with Gasteiger partial charge in [-0.25, -0.2) is 0 Å². The molecule has 1 aromatic heterocycles. The zero-order valence-electron chi connectivity index (χ0n) is 15.7. The second kappa shape index (κ2) is 6.72. The molecule has 0 unspecified atom stereocenters. The van der Waals surface area contributed by atoms with Crippen LogP contribution in [0.25, 0.3) is 11.8 Å². The number of carbonyl (C=O) groups excluding carboxylic acids is 1. The zero-order valence-corrected chi connectivity index (χ0v) is 15.7. The van der Waals surface area contributed by atoms with E-state index in [2.05, 4.69) is 41.7 Å². The summed E-state index contributed by atoms with van der Waals surface area (Å²) in [5.74, 6) is -0.0942. The monoisotopic (exact) mass is 355 g/mol. The molecule has 0 N–H and O–H groups in total. The summed E-state index contributed by atoms with van der Waals surface area (Å²) in [6.45, 7) is 6.03. The Bertz CT molecular complexity index is 1060. The standard InChI is InChI=1S/C23H21N3O/c1-16-14-19(18(3)25(16)20-10-6-4-7-11-20)15-22-17(2)24-26(23(22)27)21-12-8-5-9-13-21/h4-15H,1-3H3/b22-15-. The SMILES string of the molecule is CC1=NN(c2ccccc2)C(=O)/C1=C\c1cc(C)n(-c2ccccc2)c1C. The molecule has 0 radical (unpaired) electrons. The van der Waals surface area contributed by atoms with Crippen molar-refractivity contribution >= 4 is 23.4 Å². The molecule has 4 heteroatoms. The predicted molar refractivity (Wildman–Crippen MR) is 110 cm³/mol. The first-order valence-corrected chi connectivity index (χ1v) is 8.97. The van der Waals surface area contributed by atoms with Crippen LogP contribution in [0, 0.1) is 13.8 Å². The highest BCUT2D eigenvalue weighted by molar-refractivity contribution is 6.32. The number of aromatic nitrogens is 1. The summed E-state index contributed by atoms with van der Waals surface area (Å²) in [5.41, 5.74) is 6.52. The van der Waals surface area contributed by atoms with Crippen LogP contribution in [-0.2, 0) is 4.79 Å². The van der Waals surface area contributed by atoms with Crippen LogP contribution in [-0.4, -0.2) is 16.2 Å². The van der Waals surface area contributed by atoms with Crippen LogP contribution in [0.3, 0.4) is 0 Å². The molecule has 4 nitrogen and oxygen atoms in total. The maximum absolute atomic E-state index is 12.9. The van der Waals surface area contributed by atoms with E-state index < -0.39 is 0 Å². The number of benzene rings is 2. The van der Waals surface area contributed by atoms with Crippen molar-refractivity contribution in [1.82, 2.24) is 4.57 Å². The first kappa shape index (κ1) is 17.0. The van der Waals surface area contributed by atoms with Crippen LogP contribution in [0.5, 0.6) is 0 Å². The fourth-order valence-corrected chi connectivity index (χ4v) is 3.49. The van der Waals surface area contributed by atoms with E-state index in [1.54, 1.807) is 0 Å². The topological polar surface area (TPSA) is 37.6 Å². The van der Waals surface area contributed by atoms with E-state index in [4.69, 9.17) is 0 Å². The molecule has 134 valence electrons. The van der Waals surface area contributed by atoms with Gasteiger partial charge in [0, 0.05) is 17.1 Å². The smallest absolute Gasteiger partial charge is 0.280 e. The fourth-order valence-electron chi connectivity index (χ4n) is 3.49. The molecule has 27 heavy (non-hydrogen) atoms. The van der Waals surface area contributed by atoms with E-state index in [-0.39, 0.29) is 5.91 Å². The number of anilines is 1. The van der Waals surface area contributed by atoms with Crippen molar-refractivity contribution in [3.8, 4) is 5.69 Å². The summed E-state index contributed by atoms with van der Waals surface area (Å²) in [7, 11) is 0. The molecular weight excluding hydrogens is 334 g/mol. The van der Waals surface area contributed by atoms with Crippen molar-refractivity contribution in [3.63, 3.8) is 0 Å². The Balaban J connectivity index is 1.73.